The van der Waals surface area contributed by atoms with Gasteiger partial charge in [0.25, 0.3) is 0 Å². The third-order valence-corrected chi connectivity index (χ3v) is 2.74. The molecule has 1 fully saturated rings. The fraction of sp³-hybridized carbons (Fsp3) is 0.818. The van der Waals surface area contributed by atoms with Crippen LogP contribution < -0.4 is 5.32 Å². The molecule has 0 radical (unpaired) electrons. The molecule has 1 aliphatic heterocycles. The summed E-state index contributed by atoms with van der Waals surface area (Å²) in [5.41, 5.74) is 0. The van der Waals surface area contributed by atoms with Crippen molar-refractivity contribution in [3.05, 3.63) is 0 Å². The lowest BCUT2D eigenvalue weighted by Gasteiger charge is -2.17. The first-order valence-electron chi connectivity index (χ1n) is 6.03. The van der Waals surface area contributed by atoms with Crippen molar-refractivity contribution >= 4 is 11.8 Å². The molecule has 0 aromatic rings. The van der Waals surface area contributed by atoms with Crippen LogP contribution in [0.25, 0.3) is 0 Å². The van der Waals surface area contributed by atoms with Gasteiger partial charge in [-0.1, -0.05) is 0 Å². The van der Waals surface area contributed by atoms with Crippen molar-refractivity contribution in [3.8, 4) is 0 Å². The monoisotopic (exact) mass is 282 g/mol. The number of rotatable bonds is 5. The molecule has 5 nitrogen and oxygen atoms in total. The molecule has 1 rings (SSSR count). The summed E-state index contributed by atoms with van der Waals surface area (Å²) in [4.78, 5) is 24.6. The predicted octanol–water partition coefficient (Wildman–Crippen LogP) is 0.692. The molecule has 1 heterocycles. The highest BCUT2D eigenvalue weighted by molar-refractivity contribution is 5.86. The number of carbonyl (C=O) groups is 2. The highest BCUT2D eigenvalue weighted by Crippen LogP contribution is 2.15. The van der Waals surface area contributed by atoms with Gasteiger partial charge in [0.2, 0.25) is 11.8 Å². The zero-order valence-electron chi connectivity index (χ0n) is 10.6. The average Bonchev–Trinajstić information content (AvgIpc) is 2.85. The second-order valence-electron chi connectivity index (χ2n) is 4.37. The third kappa shape index (κ3) is 5.91. The van der Waals surface area contributed by atoms with E-state index < -0.39 is 24.8 Å². The summed E-state index contributed by atoms with van der Waals surface area (Å²) in [6.45, 7) is 0.839. The van der Waals surface area contributed by atoms with Crippen molar-refractivity contribution in [1.29, 1.82) is 0 Å². The van der Waals surface area contributed by atoms with Gasteiger partial charge in [-0.05, 0) is 19.8 Å². The molecule has 1 N–H and O–H groups in total. The van der Waals surface area contributed by atoms with Crippen LogP contribution in [0.3, 0.4) is 0 Å². The Morgan fingerprint density at radius 3 is 2.42 bits per heavy atom. The van der Waals surface area contributed by atoms with Crippen molar-refractivity contribution in [2.24, 2.45) is 0 Å². The van der Waals surface area contributed by atoms with E-state index in [9.17, 15) is 22.8 Å². The zero-order chi connectivity index (χ0) is 14.5. The van der Waals surface area contributed by atoms with Crippen molar-refractivity contribution in [1.82, 2.24) is 10.2 Å². The van der Waals surface area contributed by atoms with Crippen molar-refractivity contribution in [2.45, 2.75) is 32.0 Å². The zero-order valence-corrected chi connectivity index (χ0v) is 10.6. The van der Waals surface area contributed by atoms with E-state index in [0.29, 0.717) is 13.1 Å². The summed E-state index contributed by atoms with van der Waals surface area (Å²) in [5.74, 6) is -0.953. The van der Waals surface area contributed by atoms with Crippen LogP contribution in [0.1, 0.15) is 19.8 Å². The minimum absolute atomic E-state index is 0.210. The first-order valence-corrected chi connectivity index (χ1v) is 6.03. The highest BCUT2D eigenvalue weighted by Gasteiger charge is 2.30. The molecule has 0 bridgehead atoms. The van der Waals surface area contributed by atoms with Gasteiger partial charge in [-0.2, -0.15) is 13.2 Å². The number of halogens is 3. The SMILES string of the molecule is CC(OCC(F)(F)F)C(=O)NCC(=O)N1CCCC1. The van der Waals surface area contributed by atoms with Crippen LogP contribution in [0.5, 0.6) is 0 Å². The predicted molar refractivity (Wildman–Crippen MR) is 60.3 cm³/mol. The maximum absolute atomic E-state index is 11.9. The molecular weight excluding hydrogens is 265 g/mol. The van der Waals surface area contributed by atoms with Crippen molar-refractivity contribution < 1.29 is 27.5 Å². The average molecular weight is 282 g/mol. The molecule has 1 saturated heterocycles. The minimum atomic E-state index is -4.47. The summed E-state index contributed by atoms with van der Waals surface area (Å²) in [6.07, 6.45) is -3.84. The standard InChI is InChI=1S/C11H17F3N2O3/c1-8(19-7-11(12,13)14)10(18)15-6-9(17)16-4-2-3-5-16/h8H,2-7H2,1H3,(H,15,18). The lowest BCUT2D eigenvalue weighted by Crippen LogP contribution is -2.43. The van der Waals surface area contributed by atoms with E-state index in [2.05, 4.69) is 10.1 Å². The number of alkyl halides is 3. The van der Waals surface area contributed by atoms with Gasteiger partial charge in [0.15, 0.2) is 0 Å². The Hall–Kier alpha value is -1.31. The molecule has 1 aliphatic rings. The quantitative estimate of drug-likeness (QED) is 0.807. The second-order valence-corrected chi connectivity index (χ2v) is 4.37. The fourth-order valence-electron chi connectivity index (χ4n) is 1.68. The second kappa shape index (κ2) is 6.74. The molecule has 2 amide bonds. The van der Waals surface area contributed by atoms with Gasteiger partial charge < -0.3 is 15.0 Å². The third-order valence-electron chi connectivity index (χ3n) is 2.74. The summed E-state index contributed by atoms with van der Waals surface area (Å²) in [6, 6.07) is 0. The number of likely N-dealkylation sites (tertiary alicyclic amines) is 1. The van der Waals surface area contributed by atoms with Crippen LogP contribution in [0.15, 0.2) is 0 Å². The number of carbonyl (C=O) groups excluding carboxylic acids is 2. The maximum Gasteiger partial charge on any atom is 0.411 e. The largest absolute Gasteiger partial charge is 0.411 e. The molecule has 0 saturated carbocycles. The first-order chi connectivity index (χ1) is 8.79. The van der Waals surface area contributed by atoms with Gasteiger partial charge in [-0.15, -0.1) is 0 Å². The molecule has 0 spiro atoms. The molecular formula is C11H17F3N2O3. The Balaban J connectivity index is 2.24. The van der Waals surface area contributed by atoms with Crippen LogP contribution in [0.4, 0.5) is 13.2 Å². The van der Waals surface area contributed by atoms with E-state index in [0.717, 1.165) is 12.8 Å². The minimum Gasteiger partial charge on any atom is -0.359 e. The molecule has 0 aromatic carbocycles. The molecule has 1 unspecified atom stereocenters. The van der Waals surface area contributed by atoms with Crippen molar-refractivity contribution in [2.75, 3.05) is 26.2 Å². The number of nitrogens with one attached hydrogen (secondary N) is 1. The van der Waals surface area contributed by atoms with E-state index in [4.69, 9.17) is 0 Å². The van der Waals surface area contributed by atoms with Crippen LogP contribution in [0, 0.1) is 0 Å². The first kappa shape index (κ1) is 15.7. The molecule has 19 heavy (non-hydrogen) atoms. The van der Waals surface area contributed by atoms with Gasteiger partial charge in [0.05, 0.1) is 6.54 Å². The number of ether oxygens (including phenoxy) is 1. The van der Waals surface area contributed by atoms with Gasteiger partial charge in [-0.3, -0.25) is 9.59 Å². The summed E-state index contributed by atoms with van der Waals surface area (Å²) >= 11 is 0. The molecule has 1 atom stereocenters. The van der Waals surface area contributed by atoms with Gasteiger partial charge in [0, 0.05) is 13.1 Å². The topological polar surface area (TPSA) is 58.6 Å². The Kier molecular flexibility index (Phi) is 5.59. The van der Waals surface area contributed by atoms with Gasteiger partial charge in [0.1, 0.15) is 12.7 Å². The summed E-state index contributed by atoms with van der Waals surface area (Å²) in [5, 5.41) is 2.27. The van der Waals surface area contributed by atoms with Crippen LogP contribution in [-0.2, 0) is 14.3 Å². The van der Waals surface area contributed by atoms with Gasteiger partial charge in [-0.25, -0.2) is 0 Å². The molecule has 8 heteroatoms. The Bertz CT molecular complexity index is 328. The lowest BCUT2D eigenvalue weighted by atomic mass is 10.3. The van der Waals surface area contributed by atoms with Crippen LogP contribution in [0.2, 0.25) is 0 Å². The number of hydrogen-bond acceptors (Lipinski definition) is 3. The maximum atomic E-state index is 11.9. The lowest BCUT2D eigenvalue weighted by molar-refractivity contribution is -0.185. The Morgan fingerprint density at radius 1 is 1.32 bits per heavy atom. The fourth-order valence-corrected chi connectivity index (χ4v) is 1.68. The van der Waals surface area contributed by atoms with E-state index in [1.54, 1.807) is 4.90 Å². The molecule has 0 aliphatic carbocycles. The van der Waals surface area contributed by atoms with E-state index in [1.807, 2.05) is 0 Å². The number of amides is 2. The van der Waals surface area contributed by atoms with E-state index >= 15 is 0 Å². The van der Waals surface area contributed by atoms with Crippen LogP contribution >= 0.6 is 0 Å². The summed E-state index contributed by atoms with van der Waals surface area (Å²) in [7, 11) is 0. The van der Waals surface area contributed by atoms with E-state index in [1.165, 1.54) is 6.92 Å². The normalized spacial score (nSPS) is 17.4. The molecule has 110 valence electrons. The molecule has 0 aromatic heterocycles. The van der Waals surface area contributed by atoms with Gasteiger partial charge >= 0.3 is 6.18 Å². The number of nitrogens with zero attached hydrogens (tertiary/aromatic N) is 1. The Morgan fingerprint density at radius 2 is 1.89 bits per heavy atom. The van der Waals surface area contributed by atoms with Crippen LogP contribution in [-0.4, -0.2) is 55.2 Å². The Labute approximate surface area is 109 Å². The van der Waals surface area contributed by atoms with Crippen molar-refractivity contribution in [3.63, 3.8) is 0 Å². The smallest absolute Gasteiger partial charge is 0.359 e. The highest BCUT2D eigenvalue weighted by atomic mass is 19.4. The summed E-state index contributed by atoms with van der Waals surface area (Å²) < 4.78 is 40.0. The number of hydrogen-bond donors (Lipinski definition) is 1. The van der Waals surface area contributed by atoms with E-state index in [-0.39, 0.29) is 12.5 Å².